The summed E-state index contributed by atoms with van der Waals surface area (Å²) < 4.78 is 0. The van der Waals surface area contributed by atoms with Gasteiger partial charge in [0.15, 0.2) is 0 Å². The zero-order valence-corrected chi connectivity index (χ0v) is 11.9. The van der Waals surface area contributed by atoms with E-state index in [0.29, 0.717) is 16.8 Å². The zero-order valence-electron chi connectivity index (χ0n) is 11.9. The van der Waals surface area contributed by atoms with Gasteiger partial charge < -0.3 is 0 Å². The van der Waals surface area contributed by atoms with Crippen molar-refractivity contribution in [2.45, 2.75) is 0 Å². The third kappa shape index (κ3) is 3.46. The standard InChI is InChI=1S/C19H11BN2/c1-2-15-7-3-4-8-16(15)11-12-19(22-14-20)18-10-6-5-9-17(18)13-21/h1,3-10H,14H2/b22-19+. The van der Waals surface area contributed by atoms with E-state index in [1.165, 1.54) is 0 Å². The van der Waals surface area contributed by atoms with Crippen LogP contribution >= 0.6 is 0 Å². The van der Waals surface area contributed by atoms with Crippen LogP contribution in [0.25, 0.3) is 0 Å². The third-order valence-corrected chi connectivity index (χ3v) is 2.95. The van der Waals surface area contributed by atoms with Crippen molar-refractivity contribution in [2.24, 2.45) is 4.99 Å². The first-order chi connectivity index (χ1) is 10.8. The number of aliphatic imine (C=N–C) groups is 1. The summed E-state index contributed by atoms with van der Waals surface area (Å²) in [5.74, 6) is 8.58. The summed E-state index contributed by atoms with van der Waals surface area (Å²) >= 11 is 0. The van der Waals surface area contributed by atoms with Gasteiger partial charge in [0.25, 0.3) is 0 Å². The highest BCUT2D eigenvalue weighted by molar-refractivity contribution is 6.17. The first-order valence-electron chi connectivity index (χ1n) is 6.62. The van der Waals surface area contributed by atoms with E-state index < -0.39 is 0 Å². The molecular formula is C19H11BN2. The number of rotatable bonds is 2. The minimum absolute atomic E-state index is 0.0978. The lowest BCUT2D eigenvalue weighted by Crippen LogP contribution is -2.02. The number of hydrogen-bond acceptors (Lipinski definition) is 2. The second-order valence-electron chi connectivity index (χ2n) is 4.29. The molecule has 0 aliphatic heterocycles. The fourth-order valence-corrected chi connectivity index (χ4v) is 1.91. The normalized spacial score (nSPS) is 10.0. The third-order valence-electron chi connectivity index (χ3n) is 2.95. The SMILES string of the molecule is [B]C/N=C(\C#Cc1ccccc1C#C)c1ccccc1C#N. The lowest BCUT2D eigenvalue weighted by Gasteiger charge is -2.02. The predicted molar refractivity (Wildman–Crippen MR) is 89.6 cm³/mol. The maximum atomic E-state index is 9.19. The van der Waals surface area contributed by atoms with E-state index in [4.69, 9.17) is 14.3 Å². The summed E-state index contributed by atoms with van der Waals surface area (Å²) in [5.41, 5.74) is 3.11. The van der Waals surface area contributed by atoms with Gasteiger partial charge >= 0.3 is 0 Å². The summed E-state index contributed by atoms with van der Waals surface area (Å²) in [7, 11) is 5.51. The van der Waals surface area contributed by atoms with Crippen molar-refractivity contribution in [2.75, 3.05) is 6.44 Å². The van der Waals surface area contributed by atoms with E-state index in [9.17, 15) is 5.26 Å². The fraction of sp³-hybridized carbons (Fsp3) is 0.0526. The lowest BCUT2D eigenvalue weighted by atomic mass is 10.0. The smallest absolute Gasteiger partial charge is 0.115 e. The van der Waals surface area contributed by atoms with Crippen molar-refractivity contribution in [3.63, 3.8) is 0 Å². The van der Waals surface area contributed by atoms with Crippen LogP contribution in [0, 0.1) is 35.5 Å². The molecule has 0 saturated heterocycles. The van der Waals surface area contributed by atoms with Crippen LogP contribution in [-0.4, -0.2) is 20.0 Å². The average Bonchev–Trinajstić information content (AvgIpc) is 2.58. The highest BCUT2D eigenvalue weighted by Gasteiger charge is 2.06. The van der Waals surface area contributed by atoms with E-state index in [2.05, 4.69) is 28.8 Å². The summed E-state index contributed by atoms with van der Waals surface area (Å²) in [5, 5.41) is 9.19. The molecule has 2 nitrogen and oxygen atoms in total. The molecule has 0 spiro atoms. The monoisotopic (exact) mass is 278 g/mol. The number of terminal acetylenes is 1. The maximum absolute atomic E-state index is 9.19. The first kappa shape index (κ1) is 15.2. The molecule has 0 aliphatic carbocycles. The Morgan fingerprint density at radius 1 is 1.05 bits per heavy atom. The Labute approximate surface area is 131 Å². The van der Waals surface area contributed by atoms with Crippen LogP contribution < -0.4 is 0 Å². The second kappa shape index (κ2) is 7.54. The van der Waals surface area contributed by atoms with E-state index in [1.807, 2.05) is 30.3 Å². The van der Waals surface area contributed by atoms with Gasteiger partial charge in [0.1, 0.15) is 5.71 Å². The Kier molecular flexibility index (Phi) is 5.20. The second-order valence-corrected chi connectivity index (χ2v) is 4.29. The molecule has 0 amide bonds. The number of benzene rings is 2. The molecule has 0 N–H and O–H groups in total. The van der Waals surface area contributed by atoms with E-state index >= 15 is 0 Å². The molecule has 22 heavy (non-hydrogen) atoms. The maximum Gasteiger partial charge on any atom is 0.115 e. The van der Waals surface area contributed by atoms with Crippen molar-refractivity contribution in [1.29, 1.82) is 5.26 Å². The Morgan fingerprint density at radius 3 is 2.32 bits per heavy atom. The Morgan fingerprint density at radius 2 is 1.68 bits per heavy atom. The van der Waals surface area contributed by atoms with E-state index in [0.717, 1.165) is 11.1 Å². The van der Waals surface area contributed by atoms with Gasteiger partial charge in [-0.3, -0.25) is 4.99 Å². The quantitative estimate of drug-likeness (QED) is 0.472. The van der Waals surface area contributed by atoms with Crippen molar-refractivity contribution in [3.8, 4) is 30.3 Å². The molecule has 2 rings (SSSR count). The zero-order chi connectivity index (χ0) is 15.8. The van der Waals surface area contributed by atoms with Crippen LogP contribution in [-0.2, 0) is 0 Å². The largest absolute Gasteiger partial charge is 0.285 e. The van der Waals surface area contributed by atoms with Crippen LogP contribution in [0.15, 0.2) is 53.5 Å². The van der Waals surface area contributed by atoms with Gasteiger partial charge in [-0.15, -0.1) is 6.42 Å². The van der Waals surface area contributed by atoms with Gasteiger partial charge in [-0.2, -0.15) is 5.26 Å². The molecule has 0 atom stereocenters. The van der Waals surface area contributed by atoms with Gasteiger partial charge in [0, 0.05) is 23.1 Å². The van der Waals surface area contributed by atoms with Gasteiger partial charge in [-0.05, 0) is 24.1 Å². The molecule has 0 unspecified atom stereocenters. The molecule has 0 bridgehead atoms. The minimum Gasteiger partial charge on any atom is -0.285 e. The molecule has 2 radical (unpaired) electrons. The average molecular weight is 278 g/mol. The van der Waals surface area contributed by atoms with Crippen molar-refractivity contribution < 1.29 is 0 Å². The minimum atomic E-state index is 0.0978. The highest BCUT2D eigenvalue weighted by atomic mass is 14.7. The Bertz CT molecular complexity index is 855. The topological polar surface area (TPSA) is 36.1 Å². The van der Waals surface area contributed by atoms with Crippen LogP contribution in [0.2, 0.25) is 0 Å². The summed E-state index contributed by atoms with van der Waals surface area (Å²) in [6, 6.07) is 16.7. The molecule has 0 aliphatic rings. The predicted octanol–water partition coefficient (Wildman–Crippen LogP) is 2.51. The molecule has 0 heterocycles. The number of hydrogen-bond donors (Lipinski definition) is 0. The Balaban J connectivity index is 2.49. The molecule has 3 heteroatoms. The van der Waals surface area contributed by atoms with Gasteiger partial charge in [0.05, 0.1) is 19.5 Å². The van der Waals surface area contributed by atoms with Gasteiger partial charge in [-0.25, -0.2) is 0 Å². The molecule has 2 aromatic carbocycles. The van der Waals surface area contributed by atoms with Crippen LogP contribution in [0.1, 0.15) is 22.3 Å². The molecule has 2 aromatic rings. The first-order valence-corrected chi connectivity index (χ1v) is 6.62. The molecule has 100 valence electrons. The lowest BCUT2D eigenvalue weighted by molar-refractivity contribution is 1.36. The summed E-state index contributed by atoms with van der Waals surface area (Å²) in [4.78, 5) is 4.19. The van der Waals surface area contributed by atoms with Crippen molar-refractivity contribution >= 4 is 13.6 Å². The summed E-state index contributed by atoms with van der Waals surface area (Å²) in [6.45, 7) is 0. The molecule has 0 aromatic heterocycles. The number of nitriles is 1. The number of nitrogens with zero attached hydrogens (tertiary/aromatic N) is 2. The molecule has 0 saturated carbocycles. The van der Waals surface area contributed by atoms with Gasteiger partial charge in [-0.1, -0.05) is 42.2 Å². The van der Waals surface area contributed by atoms with Crippen LogP contribution in [0.4, 0.5) is 0 Å². The van der Waals surface area contributed by atoms with Gasteiger partial charge in [0.2, 0.25) is 0 Å². The van der Waals surface area contributed by atoms with Crippen LogP contribution in [0.3, 0.4) is 0 Å². The Hall–Kier alpha value is -3.22. The van der Waals surface area contributed by atoms with Crippen molar-refractivity contribution in [1.82, 2.24) is 0 Å². The van der Waals surface area contributed by atoms with E-state index in [-0.39, 0.29) is 6.44 Å². The van der Waals surface area contributed by atoms with E-state index in [1.54, 1.807) is 18.2 Å². The highest BCUT2D eigenvalue weighted by Crippen LogP contribution is 2.10. The summed E-state index contributed by atoms with van der Waals surface area (Å²) in [6.07, 6.45) is 5.56. The van der Waals surface area contributed by atoms with Crippen molar-refractivity contribution in [3.05, 3.63) is 70.8 Å². The fourth-order valence-electron chi connectivity index (χ4n) is 1.91. The molecular weight excluding hydrogens is 267 g/mol. The molecule has 0 fully saturated rings. The van der Waals surface area contributed by atoms with Crippen LogP contribution in [0.5, 0.6) is 0 Å².